The number of hydrogen-bond donors (Lipinski definition) is 0. The van der Waals surface area contributed by atoms with Gasteiger partial charge in [-0.05, 0) is 48.9 Å². The molecule has 0 saturated heterocycles. The molecule has 0 radical (unpaired) electrons. The van der Waals surface area contributed by atoms with Gasteiger partial charge in [-0.1, -0.05) is 11.6 Å². The summed E-state index contributed by atoms with van der Waals surface area (Å²) in [4.78, 5) is 12.3. The number of fused-ring (bicyclic) bond motifs is 1. The molecule has 0 bridgehead atoms. The zero-order chi connectivity index (χ0) is 17.5. The Kier molecular flexibility index (Phi) is 4.27. The molecule has 3 rings (SSSR count). The summed E-state index contributed by atoms with van der Waals surface area (Å²) in [5.41, 5.74) is 1.29. The molecule has 1 aliphatic rings. The van der Waals surface area contributed by atoms with E-state index in [1.807, 2.05) is 0 Å². The van der Waals surface area contributed by atoms with Crippen molar-refractivity contribution in [3.63, 3.8) is 0 Å². The average molecular weight is 366 g/mol. The number of Topliss-reactive ketones (excluding diaryl/α,β-unsaturated/α-hetero) is 1. The second-order valence-electron chi connectivity index (χ2n) is 5.54. The molecule has 0 N–H and O–H groups in total. The van der Waals surface area contributed by atoms with E-state index in [1.54, 1.807) is 31.2 Å². The summed E-state index contributed by atoms with van der Waals surface area (Å²) in [6.07, 6.45) is 0.127. The Morgan fingerprint density at radius 3 is 2.58 bits per heavy atom. The summed E-state index contributed by atoms with van der Waals surface area (Å²) in [5.74, 6) is 0.484. The summed E-state index contributed by atoms with van der Waals surface area (Å²) < 4.78 is 32.6. The molecule has 1 aliphatic heterocycles. The summed E-state index contributed by atoms with van der Waals surface area (Å²) in [5, 5.41) is 0.405. The third kappa shape index (κ3) is 2.76. The third-order valence-electron chi connectivity index (χ3n) is 4.02. The van der Waals surface area contributed by atoms with Gasteiger partial charge in [0.15, 0.2) is 5.78 Å². The van der Waals surface area contributed by atoms with Crippen LogP contribution >= 0.6 is 11.6 Å². The maximum absolute atomic E-state index is 13.1. The molecule has 0 spiro atoms. The summed E-state index contributed by atoms with van der Waals surface area (Å²) in [6, 6.07) is 9.48. The molecule has 0 atom stereocenters. The molecule has 0 aromatic heterocycles. The number of sulfonamides is 1. The fourth-order valence-corrected chi connectivity index (χ4v) is 4.68. The number of carbonyl (C=O) groups excluding carboxylic acids is 1. The van der Waals surface area contributed by atoms with Crippen molar-refractivity contribution in [2.75, 3.05) is 18.0 Å². The van der Waals surface area contributed by atoms with E-state index in [1.165, 1.54) is 23.5 Å². The molecule has 2 aromatic rings. The largest absolute Gasteiger partial charge is 0.497 e. The fraction of sp³-hybridized carbons (Fsp3) is 0.235. The van der Waals surface area contributed by atoms with Gasteiger partial charge in [0.25, 0.3) is 10.0 Å². The highest BCUT2D eigenvalue weighted by molar-refractivity contribution is 7.92. The molecule has 0 aliphatic carbocycles. The van der Waals surface area contributed by atoms with Crippen molar-refractivity contribution in [1.82, 2.24) is 0 Å². The van der Waals surface area contributed by atoms with Crippen LogP contribution < -0.4 is 9.04 Å². The molecule has 5 nitrogen and oxygen atoms in total. The normalized spacial score (nSPS) is 14.5. The quantitative estimate of drug-likeness (QED) is 0.835. The van der Waals surface area contributed by atoms with Crippen LogP contribution in [0.3, 0.4) is 0 Å². The number of rotatable bonds is 3. The molecule has 24 heavy (non-hydrogen) atoms. The highest BCUT2D eigenvalue weighted by atomic mass is 35.5. The molecule has 0 saturated carbocycles. The van der Waals surface area contributed by atoms with Gasteiger partial charge in [-0.15, -0.1) is 0 Å². The maximum atomic E-state index is 13.1. The van der Waals surface area contributed by atoms with Crippen molar-refractivity contribution in [3.05, 3.63) is 52.5 Å². The van der Waals surface area contributed by atoms with E-state index in [4.69, 9.17) is 16.3 Å². The van der Waals surface area contributed by atoms with Crippen molar-refractivity contribution < 1.29 is 17.9 Å². The highest BCUT2D eigenvalue weighted by Crippen LogP contribution is 2.35. The monoisotopic (exact) mass is 365 g/mol. The lowest BCUT2D eigenvalue weighted by molar-refractivity contribution is 0.0982. The van der Waals surface area contributed by atoms with Crippen LogP contribution in [0.25, 0.3) is 0 Å². The first kappa shape index (κ1) is 16.8. The Morgan fingerprint density at radius 2 is 1.92 bits per heavy atom. The number of nitrogens with zero attached hydrogens (tertiary/aromatic N) is 1. The lowest BCUT2D eigenvalue weighted by atomic mass is 10.0. The predicted octanol–water partition coefficient (Wildman–Crippen LogP) is 3.44. The lowest BCUT2D eigenvalue weighted by Gasteiger charge is -2.30. The van der Waals surface area contributed by atoms with Crippen LogP contribution in [0, 0.1) is 6.92 Å². The summed E-state index contributed by atoms with van der Waals surface area (Å²) in [7, 11) is -2.26. The SMILES string of the molecule is COc1ccc(S(=O)(=O)N2CCC(=O)c3cc(Cl)ccc32)c(C)c1. The molecular formula is C17H16ClNO4S. The van der Waals surface area contributed by atoms with E-state index in [0.29, 0.717) is 27.6 Å². The minimum absolute atomic E-state index is 0.106. The predicted molar refractivity (Wildman–Crippen MR) is 92.7 cm³/mol. The van der Waals surface area contributed by atoms with Crippen LogP contribution in [0.2, 0.25) is 5.02 Å². The number of ether oxygens (including phenoxy) is 1. The van der Waals surface area contributed by atoms with Crippen molar-refractivity contribution in [2.45, 2.75) is 18.2 Å². The van der Waals surface area contributed by atoms with Crippen LogP contribution in [0.15, 0.2) is 41.3 Å². The number of halogens is 1. The third-order valence-corrected chi connectivity index (χ3v) is 6.23. The van der Waals surface area contributed by atoms with Gasteiger partial charge in [0.2, 0.25) is 0 Å². The van der Waals surface area contributed by atoms with Gasteiger partial charge < -0.3 is 4.74 Å². The zero-order valence-corrected chi connectivity index (χ0v) is 14.8. The standard InChI is InChI=1S/C17H16ClNO4S/c1-11-9-13(23-2)4-6-17(11)24(21,22)19-8-7-16(20)14-10-12(18)3-5-15(14)19/h3-6,9-10H,7-8H2,1-2H3. The van der Waals surface area contributed by atoms with Gasteiger partial charge in [0.1, 0.15) is 5.75 Å². The number of benzene rings is 2. The average Bonchev–Trinajstić information content (AvgIpc) is 2.55. The molecular weight excluding hydrogens is 350 g/mol. The van der Waals surface area contributed by atoms with Crippen molar-refractivity contribution in [3.8, 4) is 5.75 Å². The molecule has 7 heteroatoms. The Hall–Kier alpha value is -2.05. The Balaban J connectivity index is 2.12. The number of anilines is 1. The van der Waals surface area contributed by atoms with Crippen LogP contribution in [0.1, 0.15) is 22.3 Å². The first-order chi connectivity index (χ1) is 11.3. The first-order valence-electron chi connectivity index (χ1n) is 7.34. The van der Waals surface area contributed by atoms with E-state index in [9.17, 15) is 13.2 Å². The van der Waals surface area contributed by atoms with Crippen LogP contribution in [0.4, 0.5) is 5.69 Å². The first-order valence-corrected chi connectivity index (χ1v) is 9.16. The molecule has 1 heterocycles. The van der Waals surface area contributed by atoms with Crippen LogP contribution in [0.5, 0.6) is 5.75 Å². The van der Waals surface area contributed by atoms with E-state index < -0.39 is 10.0 Å². The molecule has 0 fully saturated rings. The van der Waals surface area contributed by atoms with E-state index in [2.05, 4.69) is 0 Å². The zero-order valence-electron chi connectivity index (χ0n) is 13.2. The fourth-order valence-electron chi connectivity index (χ4n) is 2.81. The summed E-state index contributed by atoms with van der Waals surface area (Å²) in [6.45, 7) is 1.83. The van der Waals surface area contributed by atoms with E-state index in [-0.39, 0.29) is 23.6 Å². The number of methoxy groups -OCH3 is 1. The number of ketones is 1. The van der Waals surface area contributed by atoms with Crippen molar-refractivity contribution in [1.29, 1.82) is 0 Å². The Morgan fingerprint density at radius 1 is 1.17 bits per heavy atom. The second kappa shape index (κ2) is 6.11. The van der Waals surface area contributed by atoms with Gasteiger partial charge in [0, 0.05) is 23.6 Å². The maximum Gasteiger partial charge on any atom is 0.264 e. The van der Waals surface area contributed by atoms with Crippen LogP contribution in [-0.2, 0) is 10.0 Å². The Labute approximate surface area is 145 Å². The molecule has 0 unspecified atom stereocenters. The highest BCUT2D eigenvalue weighted by Gasteiger charge is 2.33. The van der Waals surface area contributed by atoms with Gasteiger partial charge in [0.05, 0.1) is 17.7 Å². The second-order valence-corrected chi connectivity index (χ2v) is 7.81. The topological polar surface area (TPSA) is 63.7 Å². The molecule has 126 valence electrons. The van der Waals surface area contributed by atoms with Gasteiger partial charge >= 0.3 is 0 Å². The molecule has 2 aromatic carbocycles. The minimum atomic E-state index is -3.78. The van der Waals surface area contributed by atoms with Gasteiger partial charge in [-0.3, -0.25) is 9.10 Å². The minimum Gasteiger partial charge on any atom is -0.497 e. The number of carbonyl (C=O) groups is 1. The van der Waals surface area contributed by atoms with Gasteiger partial charge in [-0.25, -0.2) is 8.42 Å². The van der Waals surface area contributed by atoms with Gasteiger partial charge in [-0.2, -0.15) is 0 Å². The Bertz CT molecular complexity index is 924. The van der Waals surface area contributed by atoms with Crippen molar-refractivity contribution in [2.24, 2.45) is 0 Å². The van der Waals surface area contributed by atoms with E-state index in [0.717, 1.165) is 0 Å². The smallest absolute Gasteiger partial charge is 0.264 e. The number of aryl methyl sites for hydroxylation is 1. The number of hydrogen-bond acceptors (Lipinski definition) is 4. The lowest BCUT2D eigenvalue weighted by Crippen LogP contribution is -2.37. The van der Waals surface area contributed by atoms with Crippen LogP contribution in [-0.4, -0.2) is 27.9 Å². The van der Waals surface area contributed by atoms with Crippen molar-refractivity contribution >= 4 is 33.1 Å². The van der Waals surface area contributed by atoms with E-state index >= 15 is 0 Å². The molecule has 0 amide bonds. The summed E-state index contributed by atoms with van der Waals surface area (Å²) >= 11 is 5.95.